The predicted octanol–water partition coefficient (Wildman–Crippen LogP) is -18.4. The molecule has 7 aliphatic rings. The summed E-state index contributed by atoms with van der Waals surface area (Å²) in [5.74, 6) is -6.80. The van der Waals surface area contributed by atoms with Gasteiger partial charge in [0.25, 0.3) is 0 Å². The lowest BCUT2D eigenvalue weighted by Gasteiger charge is -2.44. The van der Waals surface area contributed by atoms with Crippen LogP contribution in [0.15, 0.2) is 0 Å². The van der Waals surface area contributed by atoms with Crippen LogP contribution in [0.1, 0.15) is 0 Å². The molecule has 7 heterocycles. The lowest BCUT2D eigenvalue weighted by molar-refractivity contribution is -0.388. The van der Waals surface area contributed by atoms with Gasteiger partial charge in [0, 0.05) is 0 Å². The molecule has 38 nitrogen and oxygen atoms in total. The van der Waals surface area contributed by atoms with Crippen molar-refractivity contribution in [2.75, 3.05) is 66.1 Å². The van der Waals surface area contributed by atoms with E-state index in [1.807, 2.05) is 0 Å². The highest BCUT2D eigenvalue weighted by atomic mass is 16.8. The molecule has 0 amide bonds. The van der Waals surface area contributed by atoms with Gasteiger partial charge in [-0.1, -0.05) is 0 Å². The van der Waals surface area contributed by atoms with Crippen LogP contribution in [-0.4, -0.2) is 399 Å². The first-order valence-electron chi connectivity index (χ1n) is 24.7. The van der Waals surface area contributed by atoms with E-state index >= 15 is 0 Å². The molecule has 0 aromatic carbocycles. The van der Waals surface area contributed by atoms with E-state index in [-0.39, 0.29) is 0 Å². The number of ether oxygens (including phenoxy) is 11. The van der Waals surface area contributed by atoms with E-state index < -0.39 is 261 Å². The van der Waals surface area contributed by atoms with Crippen LogP contribution in [0.2, 0.25) is 0 Å². The van der Waals surface area contributed by atoms with Gasteiger partial charge in [-0.2, -0.15) is 0 Å². The van der Waals surface area contributed by atoms with E-state index in [0.29, 0.717) is 0 Å². The maximum atomic E-state index is 10.3. The van der Waals surface area contributed by atoms with Crippen molar-refractivity contribution in [3.05, 3.63) is 0 Å². The number of aliphatic hydroxyl groups is 27. The molecular weight excluding hydrogens is 1110 g/mol. The fraction of sp³-hybridized carbons (Fsp3) is 1.00. The first kappa shape index (κ1) is 69.3. The van der Waals surface area contributed by atoms with Crippen LogP contribution in [0.3, 0.4) is 0 Å². The second kappa shape index (κ2) is 29.2. The van der Waals surface area contributed by atoms with Gasteiger partial charge in [0.1, 0.15) is 172 Å². The van der Waals surface area contributed by atoms with Crippen LogP contribution in [0.5, 0.6) is 0 Å². The summed E-state index contributed by atoms with van der Waals surface area (Å²) < 4.78 is 57.3. The lowest BCUT2D eigenvalue weighted by Crippen LogP contribution is -2.63. The fourth-order valence-electron chi connectivity index (χ4n) is 9.28. The van der Waals surface area contributed by atoms with Crippen LogP contribution in [-0.2, 0) is 52.1 Å². The van der Waals surface area contributed by atoms with Crippen molar-refractivity contribution in [1.29, 1.82) is 0 Å². The Hall–Kier alpha value is -1.52. The van der Waals surface area contributed by atoms with Crippen LogP contribution < -0.4 is 0 Å². The highest BCUT2D eigenvalue weighted by Crippen LogP contribution is 2.39. The molecule has 0 aromatic rings. The average molecular weight is 1190 g/mol. The maximum absolute atomic E-state index is 10.3. The maximum Gasteiger partial charge on any atom is 0.224 e. The molecule has 0 aliphatic carbocycles. The smallest absolute Gasteiger partial charge is 0.224 e. The Morgan fingerprint density at radius 2 is 0.475 bits per heavy atom. The van der Waals surface area contributed by atoms with Crippen molar-refractivity contribution in [3.63, 3.8) is 0 Å². The number of rotatable bonds is 18. The van der Waals surface area contributed by atoms with Gasteiger partial charge in [-0.05, 0) is 0 Å². The standard InChI is InChI=1S/C18H32O16.2C12H22O11/c19-1-5-8(22)11(25)13(27)16(31-5)30-3-7-9(23)12(26)14(28)17(32-7)34-18(4-21)15(29)10(24)6(2-20)33-18;2*13-1-4-6(16)8(18)9(19)11(21-4)23-12(3-15)10(20)7(17)5(2-14)22-12/h5-17,19-29H,1-4H2;2*4-11,13-20H,1-3H2/t5-,6-,7-,8+,9-,10-,11+,12+,13-,14-,15+,16+,17-,18+;2*4-,5-,6-,7-,8+,9-,10+,11-,12+/m111/s1. The molecule has 472 valence electrons. The molecule has 32 atom stereocenters. The molecule has 0 unspecified atom stereocenters. The summed E-state index contributed by atoms with van der Waals surface area (Å²) in [4.78, 5) is 0. The van der Waals surface area contributed by atoms with Gasteiger partial charge in [-0.15, -0.1) is 0 Å². The highest BCUT2D eigenvalue weighted by molar-refractivity contribution is 5.02. The van der Waals surface area contributed by atoms with Crippen molar-refractivity contribution < 1.29 is 190 Å². The summed E-state index contributed by atoms with van der Waals surface area (Å²) in [5.41, 5.74) is 0. The predicted molar refractivity (Wildman–Crippen MR) is 239 cm³/mol. The zero-order valence-electron chi connectivity index (χ0n) is 41.9. The van der Waals surface area contributed by atoms with Crippen molar-refractivity contribution in [3.8, 4) is 0 Å². The molecule has 27 N–H and O–H groups in total. The van der Waals surface area contributed by atoms with Gasteiger partial charge >= 0.3 is 0 Å². The fourth-order valence-corrected chi connectivity index (χ4v) is 9.28. The molecule has 0 radical (unpaired) electrons. The minimum Gasteiger partial charge on any atom is -0.394 e. The third kappa shape index (κ3) is 14.0. The van der Waals surface area contributed by atoms with Gasteiger partial charge in [-0.25, -0.2) is 0 Å². The topological polar surface area (TPSA) is 648 Å². The van der Waals surface area contributed by atoms with Crippen LogP contribution in [0.4, 0.5) is 0 Å². The molecule has 0 spiro atoms. The molecular formula is C42H76O38. The summed E-state index contributed by atoms with van der Waals surface area (Å²) in [7, 11) is 0. The van der Waals surface area contributed by atoms with Gasteiger partial charge in [0.15, 0.2) is 25.2 Å². The highest BCUT2D eigenvalue weighted by Gasteiger charge is 2.62. The molecule has 7 saturated heterocycles. The van der Waals surface area contributed by atoms with Crippen molar-refractivity contribution in [2.24, 2.45) is 0 Å². The van der Waals surface area contributed by atoms with Gasteiger partial charge in [0.2, 0.25) is 17.4 Å². The SMILES string of the molecule is OC[C@H]1O[C@@](CO)(O[C@H]2O[C@H](CO)[C@@H](O)[C@H](O)[C@H]2O)[C@@H](O)[C@@H]1O.OC[C@H]1O[C@@](CO)(O[C@H]2O[C@H](CO)[C@@H](O)[C@H](O)[C@H]2O)[C@@H](O)[C@@H]1O.OC[C@H]1O[C@H](OC[C@H]2O[C@H](O[C@]3(CO)O[C@H](CO)[C@@H](O)[C@@H]3O)[C@H](O)[C@@H](O)[C@@H]2O)[C@H](O)[C@@H](O)[C@H]1O. The molecule has 7 aliphatic heterocycles. The summed E-state index contributed by atoms with van der Waals surface area (Å²) in [6, 6.07) is 0. The minimum atomic E-state index is -2.36. The quantitative estimate of drug-likeness (QED) is 0.0606. The Bertz CT molecular complexity index is 1760. The zero-order chi connectivity index (χ0) is 60.1. The van der Waals surface area contributed by atoms with E-state index in [2.05, 4.69) is 0 Å². The summed E-state index contributed by atoms with van der Waals surface area (Å²) in [6.45, 7) is -7.79. The number of hydrogen-bond acceptors (Lipinski definition) is 38. The zero-order valence-corrected chi connectivity index (χ0v) is 41.9. The molecule has 7 rings (SSSR count). The van der Waals surface area contributed by atoms with E-state index in [1.165, 1.54) is 0 Å². The number of aliphatic hydroxyl groups excluding tert-OH is 27. The molecule has 0 aromatic heterocycles. The second-order valence-electron chi connectivity index (χ2n) is 19.5. The van der Waals surface area contributed by atoms with Gasteiger partial charge in [0.05, 0.1) is 46.2 Å². The van der Waals surface area contributed by atoms with E-state index in [0.717, 1.165) is 0 Å². The van der Waals surface area contributed by atoms with Crippen molar-refractivity contribution in [2.45, 2.75) is 195 Å². The monoisotopic (exact) mass is 1190 g/mol. The van der Waals surface area contributed by atoms with E-state index in [4.69, 9.17) is 72.5 Å². The number of hydrogen-bond donors (Lipinski definition) is 27. The Morgan fingerprint density at radius 3 is 0.713 bits per heavy atom. The molecule has 38 heteroatoms. The van der Waals surface area contributed by atoms with Crippen LogP contribution >= 0.6 is 0 Å². The third-order valence-corrected chi connectivity index (χ3v) is 14.3. The van der Waals surface area contributed by atoms with E-state index in [9.17, 15) is 117 Å². The van der Waals surface area contributed by atoms with Crippen molar-refractivity contribution in [1.82, 2.24) is 0 Å². The molecule has 0 bridgehead atoms. The van der Waals surface area contributed by atoms with Crippen LogP contribution in [0.25, 0.3) is 0 Å². The van der Waals surface area contributed by atoms with Crippen molar-refractivity contribution >= 4 is 0 Å². The molecule has 0 saturated carbocycles. The first-order chi connectivity index (χ1) is 37.6. The van der Waals surface area contributed by atoms with Gasteiger partial charge < -0.3 is 190 Å². The normalized spacial score (nSPS) is 51.6. The molecule has 80 heavy (non-hydrogen) atoms. The summed E-state index contributed by atoms with van der Waals surface area (Å²) in [6.07, 6.45) is -47.1. The largest absolute Gasteiger partial charge is 0.394 e. The minimum absolute atomic E-state index is 0.634. The lowest BCUT2D eigenvalue weighted by atomic mass is 9.98. The Morgan fingerprint density at radius 1 is 0.250 bits per heavy atom. The first-order valence-corrected chi connectivity index (χ1v) is 24.7. The summed E-state index contributed by atoms with van der Waals surface area (Å²) in [5, 5.41) is 262. The Labute approximate surface area is 450 Å². The third-order valence-electron chi connectivity index (χ3n) is 14.3. The summed E-state index contributed by atoms with van der Waals surface area (Å²) >= 11 is 0. The van der Waals surface area contributed by atoms with Gasteiger partial charge in [-0.3, -0.25) is 0 Å². The Kier molecular flexibility index (Phi) is 25.3. The van der Waals surface area contributed by atoms with E-state index in [1.54, 1.807) is 0 Å². The van der Waals surface area contributed by atoms with Crippen LogP contribution in [0, 0.1) is 0 Å². The average Bonchev–Trinajstić information content (AvgIpc) is 4.13. The Balaban J connectivity index is 0.000000227. The second-order valence-corrected chi connectivity index (χ2v) is 19.5. The molecule has 7 fully saturated rings.